The molecule has 1 aliphatic carbocycles. The molecule has 1 amide bonds. The lowest BCUT2D eigenvalue weighted by atomic mass is 9.86. The summed E-state index contributed by atoms with van der Waals surface area (Å²) in [6.07, 6.45) is 5.10. The van der Waals surface area contributed by atoms with E-state index in [9.17, 15) is 4.79 Å². The molecule has 1 fully saturated rings. The SMILES string of the molecule is COc1cc(CNC2CCCCC2C)cc(Cl)c1OCC(N)=O.Cl. The van der Waals surface area contributed by atoms with E-state index in [1.165, 1.54) is 25.7 Å². The van der Waals surface area contributed by atoms with E-state index >= 15 is 0 Å². The van der Waals surface area contributed by atoms with E-state index < -0.39 is 5.91 Å². The highest BCUT2D eigenvalue weighted by atomic mass is 35.5. The predicted octanol–water partition coefficient (Wildman–Crippen LogP) is 3.30. The summed E-state index contributed by atoms with van der Waals surface area (Å²) in [6.45, 7) is 2.79. The molecule has 0 aromatic heterocycles. The second-order valence-corrected chi connectivity index (χ2v) is 6.52. The molecule has 2 atom stereocenters. The van der Waals surface area contributed by atoms with Gasteiger partial charge in [0.25, 0.3) is 5.91 Å². The van der Waals surface area contributed by atoms with Crippen LogP contribution >= 0.6 is 24.0 Å². The number of amides is 1. The highest BCUT2D eigenvalue weighted by molar-refractivity contribution is 6.32. The summed E-state index contributed by atoms with van der Waals surface area (Å²) in [7, 11) is 1.54. The maximum atomic E-state index is 10.9. The minimum Gasteiger partial charge on any atom is -0.493 e. The van der Waals surface area contributed by atoms with Crippen molar-refractivity contribution in [3.05, 3.63) is 22.7 Å². The maximum Gasteiger partial charge on any atom is 0.255 e. The number of carbonyl (C=O) groups is 1. The van der Waals surface area contributed by atoms with Crippen LogP contribution in [0.15, 0.2) is 12.1 Å². The first-order valence-electron chi connectivity index (χ1n) is 8.02. The van der Waals surface area contributed by atoms with Crippen molar-refractivity contribution in [2.45, 2.75) is 45.2 Å². The van der Waals surface area contributed by atoms with Crippen LogP contribution in [-0.2, 0) is 11.3 Å². The summed E-state index contributed by atoms with van der Waals surface area (Å²) in [5, 5.41) is 4.02. The van der Waals surface area contributed by atoms with Crippen molar-refractivity contribution in [3.8, 4) is 11.5 Å². The second kappa shape index (κ2) is 9.97. The van der Waals surface area contributed by atoms with Crippen LogP contribution in [0, 0.1) is 5.92 Å². The molecule has 2 unspecified atom stereocenters. The third-order valence-corrected chi connectivity index (χ3v) is 4.61. The highest BCUT2D eigenvalue weighted by Crippen LogP contribution is 2.36. The zero-order valence-corrected chi connectivity index (χ0v) is 15.7. The zero-order chi connectivity index (χ0) is 16.8. The van der Waals surface area contributed by atoms with Gasteiger partial charge in [-0.1, -0.05) is 31.4 Å². The number of hydrogen-bond acceptors (Lipinski definition) is 4. The van der Waals surface area contributed by atoms with Crippen LogP contribution in [0.2, 0.25) is 5.02 Å². The van der Waals surface area contributed by atoms with Gasteiger partial charge in [-0.15, -0.1) is 12.4 Å². The van der Waals surface area contributed by atoms with E-state index in [-0.39, 0.29) is 19.0 Å². The first-order chi connectivity index (χ1) is 11.0. The molecule has 5 nitrogen and oxygen atoms in total. The molecule has 0 heterocycles. The van der Waals surface area contributed by atoms with Crippen LogP contribution in [0.4, 0.5) is 0 Å². The Kier molecular flexibility index (Phi) is 8.67. The minimum absolute atomic E-state index is 0. The van der Waals surface area contributed by atoms with Crippen molar-refractivity contribution < 1.29 is 14.3 Å². The molecular weight excluding hydrogens is 351 g/mol. The van der Waals surface area contributed by atoms with Gasteiger partial charge in [-0.25, -0.2) is 0 Å². The van der Waals surface area contributed by atoms with Gasteiger partial charge in [-0.05, 0) is 36.5 Å². The smallest absolute Gasteiger partial charge is 0.255 e. The number of rotatable bonds is 7. The largest absolute Gasteiger partial charge is 0.493 e. The summed E-state index contributed by atoms with van der Waals surface area (Å²) in [5.74, 6) is 0.995. The average molecular weight is 377 g/mol. The van der Waals surface area contributed by atoms with Gasteiger partial charge < -0.3 is 20.5 Å². The minimum atomic E-state index is -0.555. The quantitative estimate of drug-likeness (QED) is 0.765. The van der Waals surface area contributed by atoms with Gasteiger partial charge in [-0.2, -0.15) is 0 Å². The van der Waals surface area contributed by atoms with Gasteiger partial charge in [0.2, 0.25) is 0 Å². The van der Waals surface area contributed by atoms with Crippen LogP contribution in [0.3, 0.4) is 0 Å². The molecule has 0 bridgehead atoms. The number of carbonyl (C=O) groups excluding carboxylic acids is 1. The van der Waals surface area contributed by atoms with Gasteiger partial charge in [0.1, 0.15) is 0 Å². The number of hydrogen-bond donors (Lipinski definition) is 2. The Hall–Kier alpha value is -1.17. The molecule has 0 spiro atoms. The molecule has 1 aliphatic rings. The van der Waals surface area contributed by atoms with E-state index in [0.717, 1.165) is 12.1 Å². The lowest BCUT2D eigenvalue weighted by Crippen LogP contribution is -2.36. The summed E-state index contributed by atoms with van der Waals surface area (Å²) in [5.41, 5.74) is 6.12. The van der Waals surface area contributed by atoms with Crippen molar-refractivity contribution in [3.63, 3.8) is 0 Å². The third-order valence-electron chi connectivity index (χ3n) is 4.33. The average Bonchev–Trinajstić information content (AvgIpc) is 2.52. The molecule has 2 rings (SSSR count). The maximum absolute atomic E-state index is 10.9. The van der Waals surface area contributed by atoms with Gasteiger partial charge in [0, 0.05) is 12.6 Å². The number of nitrogens with one attached hydrogen (secondary N) is 1. The van der Waals surface area contributed by atoms with Crippen LogP contribution < -0.4 is 20.5 Å². The molecule has 24 heavy (non-hydrogen) atoms. The first kappa shape index (κ1) is 20.9. The van der Waals surface area contributed by atoms with Crippen molar-refractivity contribution in [1.82, 2.24) is 5.32 Å². The Morgan fingerprint density at radius 3 is 2.71 bits per heavy atom. The van der Waals surface area contributed by atoms with Gasteiger partial charge in [0.05, 0.1) is 12.1 Å². The molecule has 0 aliphatic heterocycles. The molecule has 3 N–H and O–H groups in total. The fourth-order valence-corrected chi connectivity index (χ4v) is 3.31. The van der Waals surface area contributed by atoms with Crippen LogP contribution in [0.25, 0.3) is 0 Å². The number of nitrogens with two attached hydrogens (primary N) is 1. The molecule has 1 saturated carbocycles. The number of halogens is 2. The van der Waals surface area contributed by atoms with Gasteiger partial charge in [0.15, 0.2) is 18.1 Å². The van der Waals surface area contributed by atoms with E-state index in [4.69, 9.17) is 26.8 Å². The van der Waals surface area contributed by atoms with E-state index in [2.05, 4.69) is 12.2 Å². The molecule has 136 valence electrons. The predicted molar refractivity (Wildman–Crippen MR) is 98.2 cm³/mol. The van der Waals surface area contributed by atoms with Crippen molar-refractivity contribution in [1.29, 1.82) is 0 Å². The van der Waals surface area contributed by atoms with E-state index in [1.807, 2.05) is 12.1 Å². The fourth-order valence-electron chi connectivity index (χ4n) is 3.03. The van der Waals surface area contributed by atoms with Gasteiger partial charge in [-0.3, -0.25) is 4.79 Å². The molecule has 7 heteroatoms. The normalized spacial score (nSPS) is 20.1. The Balaban J connectivity index is 0.00000288. The highest BCUT2D eigenvalue weighted by Gasteiger charge is 2.21. The Labute approximate surface area is 154 Å². The summed E-state index contributed by atoms with van der Waals surface area (Å²) in [4.78, 5) is 10.9. The summed E-state index contributed by atoms with van der Waals surface area (Å²) in [6, 6.07) is 4.25. The summed E-state index contributed by atoms with van der Waals surface area (Å²) >= 11 is 6.26. The number of primary amides is 1. The van der Waals surface area contributed by atoms with E-state index in [0.29, 0.717) is 28.5 Å². The Bertz CT molecular complexity index is 555. The molecular formula is C17H26Cl2N2O3. The first-order valence-corrected chi connectivity index (χ1v) is 8.40. The zero-order valence-electron chi connectivity index (χ0n) is 14.1. The van der Waals surface area contributed by atoms with Crippen LogP contribution in [0.5, 0.6) is 11.5 Å². The van der Waals surface area contributed by atoms with Crippen LogP contribution in [-0.4, -0.2) is 25.7 Å². The van der Waals surface area contributed by atoms with E-state index in [1.54, 1.807) is 7.11 Å². The Morgan fingerprint density at radius 2 is 2.08 bits per heavy atom. The van der Waals surface area contributed by atoms with Crippen molar-refractivity contribution >= 4 is 29.9 Å². The second-order valence-electron chi connectivity index (χ2n) is 6.11. The van der Waals surface area contributed by atoms with Crippen molar-refractivity contribution in [2.24, 2.45) is 11.7 Å². The summed E-state index contributed by atoms with van der Waals surface area (Å²) < 4.78 is 10.7. The van der Waals surface area contributed by atoms with Crippen molar-refractivity contribution in [2.75, 3.05) is 13.7 Å². The Morgan fingerprint density at radius 1 is 1.38 bits per heavy atom. The number of methoxy groups -OCH3 is 1. The molecule has 0 saturated heterocycles. The number of ether oxygens (including phenoxy) is 2. The molecule has 1 aromatic rings. The number of benzene rings is 1. The van der Waals surface area contributed by atoms with Crippen LogP contribution in [0.1, 0.15) is 38.2 Å². The third kappa shape index (κ3) is 5.72. The molecule has 1 aromatic carbocycles. The molecule has 0 radical (unpaired) electrons. The van der Waals surface area contributed by atoms with Gasteiger partial charge >= 0.3 is 0 Å². The monoisotopic (exact) mass is 376 g/mol. The topological polar surface area (TPSA) is 73.6 Å². The lowest BCUT2D eigenvalue weighted by molar-refractivity contribution is -0.119. The lowest BCUT2D eigenvalue weighted by Gasteiger charge is -2.29. The standard InChI is InChI=1S/C17H25ClN2O3.ClH/c1-11-5-3-4-6-14(11)20-9-12-7-13(18)17(15(8-12)22-2)23-10-16(19)21;/h7-8,11,14,20H,3-6,9-10H2,1-2H3,(H2,19,21);1H. The fraction of sp³-hybridized carbons (Fsp3) is 0.588.